The van der Waals surface area contributed by atoms with Crippen molar-refractivity contribution in [2.45, 2.75) is 58.9 Å². The normalized spacial score (nSPS) is 13.2. The second-order valence-electron chi connectivity index (χ2n) is 10.3. The highest BCUT2D eigenvalue weighted by Gasteiger charge is 2.21. The SMILES string of the molecule is CC(C)c1cccc(C(C)C)c1NC(=O)Nc1ccc(N2CCCC2)c(C(=O)NCc2ccccc2)c1. The molecule has 1 heterocycles. The molecule has 1 fully saturated rings. The molecule has 3 aromatic rings. The fraction of sp³-hybridized carbons (Fsp3) is 0.355. The van der Waals surface area contributed by atoms with E-state index >= 15 is 0 Å². The Morgan fingerprint density at radius 1 is 0.811 bits per heavy atom. The largest absolute Gasteiger partial charge is 0.371 e. The number of carbonyl (C=O) groups is 2. The highest BCUT2D eigenvalue weighted by Crippen LogP contribution is 2.33. The van der Waals surface area contributed by atoms with Crippen molar-refractivity contribution in [2.75, 3.05) is 28.6 Å². The maximum Gasteiger partial charge on any atom is 0.323 e. The lowest BCUT2D eigenvalue weighted by molar-refractivity contribution is 0.0951. The smallest absolute Gasteiger partial charge is 0.323 e. The molecule has 0 aliphatic carbocycles. The molecule has 1 aliphatic heterocycles. The Hall–Kier alpha value is -3.80. The van der Waals surface area contributed by atoms with Crippen molar-refractivity contribution in [1.29, 1.82) is 0 Å². The Kier molecular flexibility index (Phi) is 8.49. The third kappa shape index (κ3) is 6.50. The van der Waals surface area contributed by atoms with Crippen LogP contribution in [-0.4, -0.2) is 25.0 Å². The highest BCUT2D eigenvalue weighted by molar-refractivity contribution is 6.04. The third-order valence-corrected chi connectivity index (χ3v) is 6.85. The molecule has 0 saturated carbocycles. The number of para-hydroxylation sites is 1. The van der Waals surface area contributed by atoms with Crippen LogP contribution in [0.1, 0.15) is 79.4 Å². The Labute approximate surface area is 220 Å². The number of nitrogens with zero attached hydrogens (tertiary/aromatic N) is 1. The first kappa shape index (κ1) is 26.3. The van der Waals surface area contributed by atoms with Gasteiger partial charge in [0.05, 0.1) is 5.56 Å². The average Bonchev–Trinajstić information content (AvgIpc) is 3.42. The number of nitrogens with one attached hydrogen (secondary N) is 3. The minimum atomic E-state index is -0.320. The Morgan fingerprint density at radius 2 is 1.46 bits per heavy atom. The molecule has 6 heteroatoms. The van der Waals surface area contributed by atoms with E-state index in [0.29, 0.717) is 17.8 Å². The molecule has 0 atom stereocenters. The standard InChI is InChI=1S/C31H38N4O2/c1-21(2)25-13-10-14-26(22(3)4)29(25)34-31(37)33-24-15-16-28(35-17-8-9-18-35)27(19-24)30(36)32-20-23-11-6-5-7-12-23/h5-7,10-16,19,21-22H,8-9,17-18,20H2,1-4H3,(H,32,36)(H2,33,34,37). The van der Waals surface area contributed by atoms with Crippen LogP contribution >= 0.6 is 0 Å². The molecule has 3 aromatic carbocycles. The lowest BCUT2D eigenvalue weighted by Crippen LogP contribution is -2.28. The molecule has 194 valence electrons. The molecule has 3 amide bonds. The molecule has 1 saturated heterocycles. The van der Waals surface area contributed by atoms with E-state index < -0.39 is 0 Å². The van der Waals surface area contributed by atoms with Crippen molar-refractivity contribution in [3.05, 3.63) is 89.0 Å². The van der Waals surface area contributed by atoms with Crippen molar-refractivity contribution in [2.24, 2.45) is 0 Å². The zero-order valence-electron chi connectivity index (χ0n) is 22.3. The van der Waals surface area contributed by atoms with Crippen molar-refractivity contribution < 1.29 is 9.59 Å². The van der Waals surface area contributed by atoms with Crippen LogP contribution in [0.25, 0.3) is 0 Å². The second kappa shape index (κ2) is 12.0. The predicted molar refractivity (Wildman–Crippen MR) is 153 cm³/mol. The van der Waals surface area contributed by atoms with Crippen LogP contribution < -0.4 is 20.9 Å². The number of hydrogen-bond donors (Lipinski definition) is 3. The minimum Gasteiger partial charge on any atom is -0.371 e. The summed E-state index contributed by atoms with van der Waals surface area (Å²) in [5.74, 6) is 0.393. The van der Waals surface area contributed by atoms with E-state index in [1.165, 1.54) is 0 Å². The molecule has 37 heavy (non-hydrogen) atoms. The molecule has 0 aromatic heterocycles. The Bertz CT molecular complexity index is 1200. The van der Waals surface area contributed by atoms with Crippen LogP contribution in [0.15, 0.2) is 66.7 Å². The van der Waals surface area contributed by atoms with Crippen molar-refractivity contribution in [3.63, 3.8) is 0 Å². The van der Waals surface area contributed by atoms with Crippen molar-refractivity contribution in [3.8, 4) is 0 Å². The van der Waals surface area contributed by atoms with Gasteiger partial charge < -0.3 is 20.9 Å². The zero-order valence-corrected chi connectivity index (χ0v) is 22.3. The topological polar surface area (TPSA) is 73.5 Å². The van der Waals surface area contributed by atoms with E-state index in [2.05, 4.69) is 60.7 Å². The van der Waals surface area contributed by atoms with Crippen LogP contribution in [-0.2, 0) is 6.54 Å². The van der Waals surface area contributed by atoms with Crippen LogP contribution in [0.2, 0.25) is 0 Å². The molecule has 0 spiro atoms. The van der Waals surface area contributed by atoms with Crippen molar-refractivity contribution in [1.82, 2.24) is 5.32 Å². The molecule has 0 bridgehead atoms. The number of hydrogen-bond acceptors (Lipinski definition) is 3. The van der Waals surface area contributed by atoms with Gasteiger partial charge in [0.25, 0.3) is 5.91 Å². The van der Waals surface area contributed by atoms with Crippen LogP contribution in [0.5, 0.6) is 0 Å². The average molecular weight is 499 g/mol. The van der Waals surface area contributed by atoms with Gasteiger partial charge in [-0.1, -0.05) is 76.2 Å². The van der Waals surface area contributed by atoms with E-state index in [1.54, 1.807) is 6.07 Å². The van der Waals surface area contributed by atoms with E-state index in [0.717, 1.165) is 54.0 Å². The molecule has 0 unspecified atom stereocenters. The predicted octanol–water partition coefficient (Wildman–Crippen LogP) is 7.11. The first-order chi connectivity index (χ1) is 17.8. The number of carbonyl (C=O) groups excluding carboxylic acids is 2. The summed E-state index contributed by atoms with van der Waals surface area (Å²) in [5, 5.41) is 9.10. The molecular formula is C31H38N4O2. The molecule has 1 aliphatic rings. The summed E-state index contributed by atoms with van der Waals surface area (Å²) in [5.41, 5.74) is 6.16. The Balaban J connectivity index is 1.56. The van der Waals surface area contributed by atoms with Gasteiger partial charge in [0.1, 0.15) is 0 Å². The first-order valence-corrected chi connectivity index (χ1v) is 13.3. The lowest BCUT2D eigenvalue weighted by atomic mass is 9.93. The fourth-order valence-electron chi connectivity index (χ4n) is 4.87. The van der Waals surface area contributed by atoms with Crippen LogP contribution in [0.3, 0.4) is 0 Å². The van der Waals surface area contributed by atoms with E-state index in [9.17, 15) is 9.59 Å². The zero-order chi connectivity index (χ0) is 26.4. The number of amides is 3. The maximum atomic E-state index is 13.3. The minimum absolute atomic E-state index is 0.151. The lowest BCUT2D eigenvalue weighted by Gasteiger charge is -2.23. The van der Waals surface area contributed by atoms with Gasteiger partial charge in [0, 0.05) is 36.7 Å². The summed E-state index contributed by atoms with van der Waals surface area (Å²) < 4.78 is 0. The van der Waals surface area contributed by atoms with Crippen LogP contribution in [0, 0.1) is 0 Å². The summed E-state index contributed by atoms with van der Waals surface area (Å²) in [6.45, 7) is 10.8. The van der Waals surface area contributed by atoms with Gasteiger partial charge in [-0.25, -0.2) is 4.79 Å². The fourth-order valence-corrected chi connectivity index (χ4v) is 4.87. The molecular weight excluding hydrogens is 460 g/mol. The summed E-state index contributed by atoms with van der Waals surface area (Å²) in [6, 6.07) is 21.3. The molecule has 6 nitrogen and oxygen atoms in total. The van der Waals surface area contributed by atoms with Crippen LogP contribution in [0.4, 0.5) is 21.9 Å². The summed E-state index contributed by atoms with van der Waals surface area (Å²) in [4.78, 5) is 28.7. The van der Waals surface area contributed by atoms with Gasteiger partial charge >= 0.3 is 6.03 Å². The number of anilines is 3. The molecule has 4 rings (SSSR count). The van der Waals surface area contributed by atoms with Gasteiger partial charge in [-0.15, -0.1) is 0 Å². The van der Waals surface area contributed by atoms with Gasteiger partial charge in [0.2, 0.25) is 0 Å². The Morgan fingerprint density at radius 3 is 2.08 bits per heavy atom. The first-order valence-electron chi connectivity index (χ1n) is 13.3. The number of urea groups is 1. The maximum absolute atomic E-state index is 13.3. The van der Waals surface area contributed by atoms with Crippen molar-refractivity contribution >= 4 is 29.0 Å². The number of rotatable bonds is 8. The quantitative estimate of drug-likeness (QED) is 0.310. The van der Waals surface area contributed by atoms with E-state index in [1.807, 2.05) is 48.5 Å². The highest BCUT2D eigenvalue weighted by atomic mass is 16.2. The molecule has 3 N–H and O–H groups in total. The van der Waals surface area contributed by atoms with Gasteiger partial charge in [-0.05, 0) is 59.6 Å². The third-order valence-electron chi connectivity index (χ3n) is 6.85. The summed E-state index contributed by atoms with van der Waals surface area (Å²) >= 11 is 0. The second-order valence-corrected chi connectivity index (χ2v) is 10.3. The van der Waals surface area contributed by atoms with E-state index in [-0.39, 0.29) is 23.8 Å². The van der Waals surface area contributed by atoms with Gasteiger partial charge in [0.15, 0.2) is 0 Å². The van der Waals surface area contributed by atoms with Gasteiger partial charge in [-0.2, -0.15) is 0 Å². The van der Waals surface area contributed by atoms with Gasteiger partial charge in [-0.3, -0.25) is 4.79 Å². The summed E-state index contributed by atoms with van der Waals surface area (Å²) in [6.07, 6.45) is 2.22. The molecule has 0 radical (unpaired) electrons. The monoisotopic (exact) mass is 498 g/mol. The summed E-state index contributed by atoms with van der Waals surface area (Å²) in [7, 11) is 0. The number of benzene rings is 3. The van der Waals surface area contributed by atoms with E-state index in [4.69, 9.17) is 0 Å².